The average Bonchev–Trinajstić information content (AvgIpc) is 2.26. The summed E-state index contributed by atoms with van der Waals surface area (Å²) in [5.41, 5.74) is -0.639. The number of nitrogens with zero attached hydrogens (tertiary/aromatic N) is 1. The normalized spacial score (nSPS) is 22.6. The van der Waals surface area contributed by atoms with Crippen molar-refractivity contribution >= 4 is 5.97 Å². The largest absolute Gasteiger partial charge is 0.481 e. The minimum Gasteiger partial charge on any atom is -0.481 e. The van der Waals surface area contributed by atoms with Crippen LogP contribution >= 0.6 is 0 Å². The summed E-state index contributed by atoms with van der Waals surface area (Å²) < 4.78 is 0. The van der Waals surface area contributed by atoms with E-state index in [9.17, 15) is 4.79 Å². The second kappa shape index (κ2) is 6.36. The first-order valence-electron chi connectivity index (χ1n) is 6.62. The number of piperidine rings is 1. The summed E-state index contributed by atoms with van der Waals surface area (Å²) in [6.45, 7) is 10.5. The SMILES string of the molecule is CCNCC1CCCN(CC(C)(C)C(=O)O)C1. The van der Waals surface area contributed by atoms with E-state index in [0.29, 0.717) is 12.5 Å². The lowest BCUT2D eigenvalue weighted by atomic mass is 9.90. The molecule has 4 heteroatoms. The van der Waals surface area contributed by atoms with Gasteiger partial charge in [-0.05, 0) is 52.2 Å². The number of likely N-dealkylation sites (tertiary alicyclic amines) is 1. The zero-order valence-electron chi connectivity index (χ0n) is 11.3. The van der Waals surface area contributed by atoms with Gasteiger partial charge in [-0.25, -0.2) is 0 Å². The molecule has 0 saturated carbocycles. The third-order valence-electron chi connectivity index (χ3n) is 3.48. The second-order valence-electron chi connectivity index (χ2n) is 5.74. The highest BCUT2D eigenvalue weighted by atomic mass is 16.4. The predicted molar refractivity (Wildman–Crippen MR) is 69.1 cm³/mol. The van der Waals surface area contributed by atoms with Crippen molar-refractivity contribution in [3.05, 3.63) is 0 Å². The minimum atomic E-state index is -0.702. The molecule has 0 aliphatic carbocycles. The van der Waals surface area contributed by atoms with Gasteiger partial charge in [-0.15, -0.1) is 0 Å². The van der Waals surface area contributed by atoms with Gasteiger partial charge in [0.05, 0.1) is 5.41 Å². The van der Waals surface area contributed by atoms with Crippen LogP contribution in [0.2, 0.25) is 0 Å². The molecule has 1 aliphatic heterocycles. The first kappa shape index (κ1) is 14.5. The van der Waals surface area contributed by atoms with Crippen molar-refractivity contribution in [1.82, 2.24) is 10.2 Å². The van der Waals surface area contributed by atoms with Gasteiger partial charge in [0.15, 0.2) is 0 Å². The maximum atomic E-state index is 11.1. The van der Waals surface area contributed by atoms with Gasteiger partial charge in [0, 0.05) is 13.1 Å². The van der Waals surface area contributed by atoms with Crippen LogP contribution in [0, 0.1) is 11.3 Å². The summed E-state index contributed by atoms with van der Waals surface area (Å²) in [4.78, 5) is 13.4. The molecule has 0 aromatic carbocycles. The van der Waals surface area contributed by atoms with E-state index in [1.54, 1.807) is 0 Å². The first-order chi connectivity index (χ1) is 7.95. The van der Waals surface area contributed by atoms with Crippen LogP contribution in [0.5, 0.6) is 0 Å². The van der Waals surface area contributed by atoms with Crippen molar-refractivity contribution in [2.24, 2.45) is 11.3 Å². The Morgan fingerprint density at radius 3 is 2.82 bits per heavy atom. The van der Waals surface area contributed by atoms with E-state index in [2.05, 4.69) is 17.1 Å². The van der Waals surface area contributed by atoms with E-state index in [-0.39, 0.29) is 0 Å². The molecule has 17 heavy (non-hydrogen) atoms. The number of nitrogens with one attached hydrogen (secondary N) is 1. The highest BCUT2D eigenvalue weighted by Gasteiger charge is 2.31. The van der Waals surface area contributed by atoms with Crippen LogP contribution in [0.1, 0.15) is 33.6 Å². The van der Waals surface area contributed by atoms with Crippen molar-refractivity contribution in [2.45, 2.75) is 33.6 Å². The van der Waals surface area contributed by atoms with Crippen molar-refractivity contribution in [2.75, 3.05) is 32.7 Å². The Morgan fingerprint density at radius 2 is 2.24 bits per heavy atom. The van der Waals surface area contributed by atoms with Crippen LogP contribution in [0.25, 0.3) is 0 Å². The molecule has 1 atom stereocenters. The summed E-state index contributed by atoms with van der Waals surface area (Å²) in [6, 6.07) is 0. The standard InChI is InChI=1S/C13H26N2O2/c1-4-14-8-11-6-5-7-15(9-11)10-13(2,3)12(16)17/h11,14H,4-10H2,1-3H3,(H,16,17). The van der Waals surface area contributed by atoms with Gasteiger partial charge in [0.1, 0.15) is 0 Å². The molecule has 1 saturated heterocycles. The van der Waals surface area contributed by atoms with Crippen LogP contribution in [-0.4, -0.2) is 48.7 Å². The van der Waals surface area contributed by atoms with Crippen molar-refractivity contribution in [3.8, 4) is 0 Å². The summed E-state index contributed by atoms with van der Waals surface area (Å²) >= 11 is 0. The first-order valence-corrected chi connectivity index (χ1v) is 6.62. The summed E-state index contributed by atoms with van der Waals surface area (Å²) in [6.07, 6.45) is 2.45. The Kier molecular flexibility index (Phi) is 5.40. The van der Waals surface area contributed by atoms with Crippen molar-refractivity contribution in [3.63, 3.8) is 0 Å². The molecule has 0 aromatic heterocycles. The van der Waals surface area contributed by atoms with E-state index in [0.717, 1.165) is 26.2 Å². The Labute approximate surface area is 104 Å². The van der Waals surface area contributed by atoms with E-state index in [4.69, 9.17) is 5.11 Å². The van der Waals surface area contributed by atoms with Gasteiger partial charge in [0.25, 0.3) is 0 Å². The number of rotatable bonds is 6. The molecule has 0 spiro atoms. The molecular formula is C13H26N2O2. The molecule has 0 amide bonds. The van der Waals surface area contributed by atoms with E-state index in [1.165, 1.54) is 12.8 Å². The molecule has 0 aromatic rings. The van der Waals surface area contributed by atoms with Gasteiger partial charge in [-0.1, -0.05) is 6.92 Å². The molecule has 4 nitrogen and oxygen atoms in total. The molecular weight excluding hydrogens is 216 g/mol. The topological polar surface area (TPSA) is 52.6 Å². The predicted octanol–water partition coefficient (Wildman–Crippen LogP) is 1.42. The second-order valence-corrected chi connectivity index (χ2v) is 5.74. The third kappa shape index (κ3) is 4.64. The zero-order chi connectivity index (χ0) is 12.9. The van der Waals surface area contributed by atoms with E-state index >= 15 is 0 Å². The zero-order valence-corrected chi connectivity index (χ0v) is 11.3. The summed E-state index contributed by atoms with van der Waals surface area (Å²) in [7, 11) is 0. The smallest absolute Gasteiger partial charge is 0.310 e. The summed E-state index contributed by atoms with van der Waals surface area (Å²) in [5, 5.41) is 12.5. The molecule has 0 radical (unpaired) electrons. The Balaban J connectivity index is 2.41. The molecule has 2 N–H and O–H groups in total. The number of carboxylic acid groups (broad SMARTS) is 1. The Hall–Kier alpha value is -0.610. The van der Waals surface area contributed by atoms with E-state index < -0.39 is 11.4 Å². The number of aliphatic carboxylic acids is 1. The fourth-order valence-electron chi connectivity index (χ4n) is 2.44. The van der Waals surface area contributed by atoms with Crippen LogP contribution in [0.15, 0.2) is 0 Å². The number of hydrogen-bond acceptors (Lipinski definition) is 3. The van der Waals surface area contributed by atoms with Crippen LogP contribution in [-0.2, 0) is 4.79 Å². The maximum Gasteiger partial charge on any atom is 0.310 e. The molecule has 1 fully saturated rings. The number of carboxylic acids is 1. The molecule has 1 aliphatic rings. The molecule has 1 heterocycles. The van der Waals surface area contributed by atoms with E-state index in [1.807, 2.05) is 13.8 Å². The van der Waals surface area contributed by atoms with Gasteiger partial charge in [-0.3, -0.25) is 4.79 Å². The highest BCUT2D eigenvalue weighted by Crippen LogP contribution is 2.22. The van der Waals surface area contributed by atoms with Crippen molar-refractivity contribution in [1.29, 1.82) is 0 Å². The quantitative estimate of drug-likeness (QED) is 0.739. The fraction of sp³-hybridized carbons (Fsp3) is 0.923. The third-order valence-corrected chi connectivity index (χ3v) is 3.48. The van der Waals surface area contributed by atoms with Crippen LogP contribution in [0.4, 0.5) is 0 Å². The molecule has 1 rings (SSSR count). The molecule has 100 valence electrons. The Bertz CT molecular complexity index is 254. The maximum absolute atomic E-state index is 11.1. The number of carbonyl (C=O) groups is 1. The molecule has 1 unspecified atom stereocenters. The van der Waals surface area contributed by atoms with Gasteiger partial charge >= 0.3 is 5.97 Å². The monoisotopic (exact) mass is 242 g/mol. The van der Waals surface area contributed by atoms with Gasteiger partial charge in [0.2, 0.25) is 0 Å². The lowest BCUT2D eigenvalue weighted by Crippen LogP contribution is -2.45. The van der Waals surface area contributed by atoms with Crippen molar-refractivity contribution < 1.29 is 9.90 Å². The lowest BCUT2D eigenvalue weighted by Gasteiger charge is -2.36. The number of hydrogen-bond donors (Lipinski definition) is 2. The minimum absolute atomic E-state index is 0.639. The Morgan fingerprint density at radius 1 is 1.53 bits per heavy atom. The van der Waals surface area contributed by atoms with Crippen LogP contribution in [0.3, 0.4) is 0 Å². The van der Waals surface area contributed by atoms with Gasteiger partial charge in [-0.2, -0.15) is 0 Å². The summed E-state index contributed by atoms with van der Waals surface area (Å²) in [5.74, 6) is -0.0281. The lowest BCUT2D eigenvalue weighted by molar-refractivity contribution is -0.148. The highest BCUT2D eigenvalue weighted by molar-refractivity contribution is 5.73. The van der Waals surface area contributed by atoms with Gasteiger partial charge < -0.3 is 15.3 Å². The fourth-order valence-corrected chi connectivity index (χ4v) is 2.44. The molecule has 0 bridgehead atoms. The average molecular weight is 242 g/mol. The van der Waals surface area contributed by atoms with Crippen LogP contribution < -0.4 is 5.32 Å².